The average molecular weight is 161 g/mol. The molecule has 1 aliphatic heterocycles. The van der Waals surface area contributed by atoms with Crippen molar-refractivity contribution in [3.05, 3.63) is 0 Å². The van der Waals surface area contributed by atoms with E-state index in [2.05, 4.69) is 11.6 Å². The van der Waals surface area contributed by atoms with Crippen LogP contribution in [0.5, 0.6) is 0 Å². The van der Waals surface area contributed by atoms with E-state index in [0.717, 1.165) is 19.0 Å². The van der Waals surface area contributed by atoms with Crippen LogP contribution in [0, 0.1) is 5.92 Å². The normalized spacial score (nSPS) is 29.3. The first kappa shape index (κ1) is 8.29. The average Bonchev–Trinajstić information content (AvgIpc) is 2.11. The van der Waals surface area contributed by atoms with E-state index in [-0.39, 0.29) is 0 Å². The molecule has 0 aromatic rings. The van der Waals surface area contributed by atoms with Crippen LogP contribution in [-0.4, -0.2) is 31.1 Å². The van der Waals surface area contributed by atoms with Gasteiger partial charge in [0.15, 0.2) is 0 Å². The zero-order valence-electron chi connectivity index (χ0n) is 7.00. The van der Waals surface area contributed by atoms with Gasteiger partial charge in [0.2, 0.25) is 0 Å². The lowest BCUT2D eigenvalue weighted by atomic mass is 10.2. The summed E-state index contributed by atoms with van der Waals surface area (Å²) in [6.07, 6.45) is 1.21. The fourth-order valence-corrected chi connectivity index (χ4v) is 2.62. The molecule has 0 aliphatic carbocycles. The largest absolute Gasteiger partial charge is 0.307 e. The zero-order valence-corrected chi connectivity index (χ0v) is 7.90. The van der Waals surface area contributed by atoms with Crippen molar-refractivity contribution in [1.29, 1.82) is 0 Å². The molecule has 2 nitrogen and oxygen atoms in total. The number of hydrogen-bond donors (Lipinski definition) is 0. The second-order valence-corrected chi connectivity index (χ2v) is 6.75. The van der Waals surface area contributed by atoms with Gasteiger partial charge in [-0.3, -0.25) is 4.67 Å². The summed E-state index contributed by atoms with van der Waals surface area (Å²) >= 11 is 0. The van der Waals surface area contributed by atoms with Crippen LogP contribution in [-0.2, 0) is 4.57 Å². The molecule has 1 rings (SSSR count). The molecule has 0 aromatic carbocycles. The third-order valence-corrected chi connectivity index (χ3v) is 3.81. The van der Waals surface area contributed by atoms with Gasteiger partial charge in [0.05, 0.1) is 0 Å². The quantitative estimate of drug-likeness (QED) is 0.547. The van der Waals surface area contributed by atoms with Gasteiger partial charge in [0, 0.05) is 26.4 Å². The minimum Gasteiger partial charge on any atom is -0.307 e. The minimum atomic E-state index is -1.92. The molecule has 0 radical (unpaired) electrons. The Morgan fingerprint density at radius 3 is 2.30 bits per heavy atom. The monoisotopic (exact) mass is 161 g/mol. The van der Waals surface area contributed by atoms with E-state index in [1.165, 1.54) is 6.42 Å². The highest BCUT2D eigenvalue weighted by Gasteiger charge is 2.26. The molecule has 0 aromatic heterocycles. The Kier molecular flexibility index (Phi) is 2.21. The van der Waals surface area contributed by atoms with Gasteiger partial charge in [0.1, 0.15) is 7.29 Å². The summed E-state index contributed by atoms with van der Waals surface area (Å²) in [4.78, 5) is 0. The zero-order chi connectivity index (χ0) is 7.78. The highest BCUT2D eigenvalue weighted by atomic mass is 31.2. The lowest BCUT2D eigenvalue weighted by molar-refractivity contribution is 0.471. The molecule has 1 aliphatic rings. The lowest BCUT2D eigenvalue weighted by Crippen LogP contribution is -2.15. The SMILES string of the molecule is C[C@@H]1CCN(P(C)(C)=O)C1. The standard InChI is InChI=1S/C7H16NOP/c1-7-4-5-8(6-7)10(2,3)9/h7H,4-6H2,1-3H3/t7-/m1/s1. The first-order chi connectivity index (χ1) is 4.50. The maximum Gasteiger partial charge on any atom is 0.144 e. The summed E-state index contributed by atoms with van der Waals surface area (Å²) in [5.74, 6) is 0.744. The number of rotatable bonds is 1. The van der Waals surface area contributed by atoms with E-state index in [0.29, 0.717) is 0 Å². The molecule has 0 spiro atoms. The van der Waals surface area contributed by atoms with Crippen LogP contribution in [0.15, 0.2) is 0 Å². The molecule has 1 heterocycles. The predicted molar refractivity (Wildman–Crippen MR) is 44.8 cm³/mol. The van der Waals surface area contributed by atoms with Gasteiger partial charge in [0.25, 0.3) is 0 Å². The molecule has 0 unspecified atom stereocenters. The second kappa shape index (κ2) is 2.67. The van der Waals surface area contributed by atoms with Crippen molar-refractivity contribution < 1.29 is 4.57 Å². The Balaban J connectivity index is 2.53. The van der Waals surface area contributed by atoms with Crippen LogP contribution in [0.4, 0.5) is 0 Å². The molecule has 3 heteroatoms. The molecule has 1 atom stereocenters. The van der Waals surface area contributed by atoms with Crippen LogP contribution < -0.4 is 0 Å². The molecular formula is C7H16NOP. The first-order valence-electron chi connectivity index (χ1n) is 3.80. The molecule has 1 saturated heterocycles. The van der Waals surface area contributed by atoms with E-state index in [4.69, 9.17) is 0 Å². The van der Waals surface area contributed by atoms with E-state index < -0.39 is 7.29 Å². The summed E-state index contributed by atoms with van der Waals surface area (Å²) in [5.41, 5.74) is 0. The van der Waals surface area contributed by atoms with Gasteiger partial charge in [-0.25, -0.2) is 0 Å². The topological polar surface area (TPSA) is 20.3 Å². The van der Waals surface area contributed by atoms with Gasteiger partial charge in [-0.2, -0.15) is 0 Å². The van der Waals surface area contributed by atoms with Crippen molar-refractivity contribution in [3.8, 4) is 0 Å². The molecule has 0 N–H and O–H groups in total. The smallest absolute Gasteiger partial charge is 0.144 e. The minimum absolute atomic E-state index is 0.744. The second-order valence-electron chi connectivity index (χ2n) is 3.60. The third kappa shape index (κ3) is 1.83. The summed E-state index contributed by atoms with van der Waals surface area (Å²) < 4.78 is 13.6. The molecular weight excluding hydrogens is 145 g/mol. The Morgan fingerprint density at radius 1 is 1.50 bits per heavy atom. The Hall–Kier alpha value is 0.190. The van der Waals surface area contributed by atoms with E-state index in [1.54, 1.807) is 0 Å². The summed E-state index contributed by atoms with van der Waals surface area (Å²) in [5, 5.41) is 0. The van der Waals surface area contributed by atoms with Crippen LogP contribution in [0.3, 0.4) is 0 Å². The number of hydrogen-bond acceptors (Lipinski definition) is 1. The maximum absolute atomic E-state index is 11.5. The molecule has 60 valence electrons. The highest BCUT2D eigenvalue weighted by Crippen LogP contribution is 2.44. The van der Waals surface area contributed by atoms with Gasteiger partial charge in [-0.05, 0) is 12.3 Å². The molecule has 1 fully saturated rings. The van der Waals surface area contributed by atoms with Crippen LogP contribution in [0.2, 0.25) is 0 Å². The molecule has 0 bridgehead atoms. The van der Waals surface area contributed by atoms with Crippen LogP contribution in [0.25, 0.3) is 0 Å². The van der Waals surface area contributed by atoms with Gasteiger partial charge in [-0.15, -0.1) is 0 Å². The van der Waals surface area contributed by atoms with Crippen molar-refractivity contribution in [1.82, 2.24) is 4.67 Å². The molecule has 10 heavy (non-hydrogen) atoms. The Morgan fingerprint density at radius 2 is 2.10 bits per heavy atom. The highest BCUT2D eigenvalue weighted by molar-refractivity contribution is 7.59. The Bertz CT molecular complexity index is 163. The number of nitrogens with zero attached hydrogens (tertiary/aromatic N) is 1. The van der Waals surface area contributed by atoms with Crippen LogP contribution in [0.1, 0.15) is 13.3 Å². The van der Waals surface area contributed by atoms with Crippen molar-refractivity contribution in [3.63, 3.8) is 0 Å². The van der Waals surface area contributed by atoms with Crippen LogP contribution >= 0.6 is 7.29 Å². The summed E-state index contributed by atoms with van der Waals surface area (Å²) in [6.45, 7) is 7.99. The van der Waals surface area contributed by atoms with E-state index in [9.17, 15) is 4.57 Å². The van der Waals surface area contributed by atoms with Crippen molar-refractivity contribution in [2.45, 2.75) is 13.3 Å². The summed E-state index contributed by atoms with van der Waals surface area (Å²) in [6, 6.07) is 0. The lowest BCUT2D eigenvalue weighted by Gasteiger charge is -2.19. The van der Waals surface area contributed by atoms with Gasteiger partial charge < -0.3 is 4.57 Å². The van der Waals surface area contributed by atoms with E-state index >= 15 is 0 Å². The van der Waals surface area contributed by atoms with Crippen molar-refractivity contribution >= 4 is 7.29 Å². The molecule has 0 saturated carbocycles. The fourth-order valence-electron chi connectivity index (χ4n) is 1.35. The first-order valence-corrected chi connectivity index (χ1v) is 6.36. The van der Waals surface area contributed by atoms with Crippen molar-refractivity contribution in [2.75, 3.05) is 26.4 Å². The third-order valence-electron chi connectivity index (χ3n) is 2.08. The maximum atomic E-state index is 11.5. The summed E-state index contributed by atoms with van der Waals surface area (Å²) in [7, 11) is -1.92. The predicted octanol–water partition coefficient (Wildman–Crippen LogP) is 1.87. The van der Waals surface area contributed by atoms with Gasteiger partial charge in [-0.1, -0.05) is 6.92 Å². The van der Waals surface area contributed by atoms with Crippen molar-refractivity contribution in [2.24, 2.45) is 5.92 Å². The Labute approximate surface area is 63.0 Å². The van der Waals surface area contributed by atoms with Gasteiger partial charge >= 0.3 is 0 Å². The van der Waals surface area contributed by atoms with E-state index in [1.807, 2.05) is 13.3 Å². The fraction of sp³-hybridized carbons (Fsp3) is 1.00. The molecule has 0 amide bonds.